The molecule has 0 aliphatic rings. The highest BCUT2D eigenvalue weighted by Crippen LogP contribution is 2.14. The number of imidazole rings is 1. The molecule has 0 radical (unpaired) electrons. The summed E-state index contributed by atoms with van der Waals surface area (Å²) in [5.41, 5.74) is 2.29. The van der Waals surface area contributed by atoms with Crippen molar-refractivity contribution in [1.82, 2.24) is 14.9 Å². The molecule has 1 atom stereocenters. The molecule has 19 heavy (non-hydrogen) atoms. The van der Waals surface area contributed by atoms with Crippen LogP contribution in [0.3, 0.4) is 0 Å². The zero-order valence-electron chi connectivity index (χ0n) is 12.3. The summed E-state index contributed by atoms with van der Waals surface area (Å²) in [5.74, 6) is 1.11. The Balaban J connectivity index is 1.92. The van der Waals surface area contributed by atoms with Gasteiger partial charge in [0.05, 0.1) is 17.6 Å². The molecule has 0 aliphatic heterocycles. The van der Waals surface area contributed by atoms with Gasteiger partial charge in [0, 0.05) is 13.1 Å². The average Bonchev–Trinajstić information content (AvgIpc) is 2.74. The first kappa shape index (κ1) is 14.1. The minimum Gasteiger partial charge on any atom is -0.330 e. The fourth-order valence-corrected chi connectivity index (χ4v) is 2.42. The molecule has 3 nitrogen and oxygen atoms in total. The first-order chi connectivity index (χ1) is 9.22. The van der Waals surface area contributed by atoms with Crippen LogP contribution in [0.25, 0.3) is 11.0 Å². The molecular weight excluding hydrogens is 234 g/mol. The minimum atomic E-state index is 0.561. The van der Waals surface area contributed by atoms with E-state index in [0.29, 0.717) is 6.04 Å². The van der Waals surface area contributed by atoms with Crippen LogP contribution in [-0.2, 0) is 13.6 Å². The summed E-state index contributed by atoms with van der Waals surface area (Å²) in [5, 5.41) is 3.58. The van der Waals surface area contributed by atoms with Crippen molar-refractivity contribution in [2.45, 2.75) is 52.1 Å². The van der Waals surface area contributed by atoms with E-state index >= 15 is 0 Å². The fourth-order valence-electron chi connectivity index (χ4n) is 2.42. The molecule has 0 spiro atoms. The Kier molecular flexibility index (Phi) is 4.97. The molecule has 0 saturated heterocycles. The lowest BCUT2D eigenvalue weighted by Crippen LogP contribution is -2.26. The molecule has 1 unspecified atom stereocenters. The van der Waals surface area contributed by atoms with Gasteiger partial charge >= 0.3 is 0 Å². The zero-order chi connectivity index (χ0) is 13.7. The molecule has 1 N–H and O–H groups in total. The first-order valence-corrected chi connectivity index (χ1v) is 7.36. The number of para-hydroxylation sites is 2. The van der Waals surface area contributed by atoms with Crippen molar-refractivity contribution in [2.75, 3.05) is 0 Å². The SMILES string of the molecule is CCCCCC(C)NCc1nc2ccccc2n1C. The van der Waals surface area contributed by atoms with Crippen LogP contribution in [0.4, 0.5) is 0 Å². The molecule has 104 valence electrons. The molecule has 2 rings (SSSR count). The van der Waals surface area contributed by atoms with Gasteiger partial charge in [-0.1, -0.05) is 38.3 Å². The van der Waals surface area contributed by atoms with Gasteiger partial charge in [0.1, 0.15) is 5.82 Å². The number of nitrogens with zero attached hydrogens (tertiary/aromatic N) is 2. The van der Waals surface area contributed by atoms with Gasteiger partial charge in [-0.15, -0.1) is 0 Å². The lowest BCUT2D eigenvalue weighted by atomic mass is 10.1. The predicted molar refractivity (Wildman–Crippen MR) is 81.2 cm³/mol. The van der Waals surface area contributed by atoms with E-state index < -0.39 is 0 Å². The van der Waals surface area contributed by atoms with Crippen molar-refractivity contribution >= 4 is 11.0 Å². The van der Waals surface area contributed by atoms with Crippen molar-refractivity contribution in [1.29, 1.82) is 0 Å². The van der Waals surface area contributed by atoms with Crippen molar-refractivity contribution in [2.24, 2.45) is 7.05 Å². The molecule has 0 bridgehead atoms. The largest absolute Gasteiger partial charge is 0.330 e. The Morgan fingerprint density at radius 2 is 2.05 bits per heavy atom. The Labute approximate surface area is 116 Å². The summed E-state index contributed by atoms with van der Waals surface area (Å²) in [6, 6.07) is 8.86. The second-order valence-corrected chi connectivity index (χ2v) is 5.35. The summed E-state index contributed by atoms with van der Waals surface area (Å²) in [4.78, 5) is 4.68. The van der Waals surface area contributed by atoms with Gasteiger partial charge in [0.25, 0.3) is 0 Å². The Hall–Kier alpha value is -1.35. The standard InChI is InChI=1S/C16H25N3/c1-4-5-6-9-13(2)17-12-16-18-14-10-7-8-11-15(14)19(16)3/h7-8,10-11,13,17H,4-6,9,12H2,1-3H3. The van der Waals surface area contributed by atoms with E-state index in [4.69, 9.17) is 0 Å². The average molecular weight is 259 g/mol. The third-order valence-corrected chi connectivity index (χ3v) is 3.73. The normalized spacial score (nSPS) is 13.0. The molecule has 1 aromatic carbocycles. The molecule has 0 amide bonds. The van der Waals surface area contributed by atoms with Crippen molar-refractivity contribution in [3.8, 4) is 0 Å². The van der Waals surface area contributed by atoms with Gasteiger partial charge in [0.15, 0.2) is 0 Å². The Bertz CT molecular complexity index is 516. The van der Waals surface area contributed by atoms with E-state index in [2.05, 4.69) is 54.0 Å². The number of hydrogen-bond acceptors (Lipinski definition) is 2. The van der Waals surface area contributed by atoms with Gasteiger partial charge in [-0.3, -0.25) is 0 Å². The van der Waals surface area contributed by atoms with Crippen LogP contribution in [0, 0.1) is 0 Å². The number of benzene rings is 1. The maximum atomic E-state index is 4.68. The summed E-state index contributed by atoms with van der Waals surface area (Å²) >= 11 is 0. The van der Waals surface area contributed by atoms with Crippen molar-refractivity contribution in [3.05, 3.63) is 30.1 Å². The minimum absolute atomic E-state index is 0.561. The van der Waals surface area contributed by atoms with Crippen LogP contribution in [0.15, 0.2) is 24.3 Å². The molecule has 2 aromatic rings. The number of fused-ring (bicyclic) bond motifs is 1. The van der Waals surface area contributed by atoms with Gasteiger partial charge in [-0.05, 0) is 25.5 Å². The third-order valence-electron chi connectivity index (χ3n) is 3.73. The van der Waals surface area contributed by atoms with Crippen LogP contribution < -0.4 is 5.32 Å². The van der Waals surface area contributed by atoms with Gasteiger partial charge in [-0.2, -0.15) is 0 Å². The van der Waals surface area contributed by atoms with E-state index in [1.807, 2.05) is 6.07 Å². The van der Waals surface area contributed by atoms with E-state index in [-0.39, 0.29) is 0 Å². The summed E-state index contributed by atoms with van der Waals surface area (Å²) in [6.07, 6.45) is 5.18. The van der Waals surface area contributed by atoms with Gasteiger partial charge < -0.3 is 9.88 Å². The topological polar surface area (TPSA) is 29.9 Å². The Morgan fingerprint density at radius 3 is 2.79 bits per heavy atom. The summed E-state index contributed by atoms with van der Waals surface area (Å²) < 4.78 is 2.18. The molecular formula is C16H25N3. The number of aryl methyl sites for hydroxylation is 1. The van der Waals surface area contributed by atoms with Gasteiger partial charge in [-0.25, -0.2) is 4.98 Å². The van der Waals surface area contributed by atoms with Crippen LogP contribution in [-0.4, -0.2) is 15.6 Å². The molecule has 0 fully saturated rings. The molecule has 0 saturated carbocycles. The second kappa shape index (κ2) is 6.71. The quantitative estimate of drug-likeness (QED) is 0.769. The van der Waals surface area contributed by atoms with Crippen LogP contribution >= 0.6 is 0 Å². The predicted octanol–water partition coefficient (Wildman–Crippen LogP) is 3.63. The Morgan fingerprint density at radius 1 is 1.26 bits per heavy atom. The lowest BCUT2D eigenvalue weighted by Gasteiger charge is -2.13. The molecule has 0 aliphatic carbocycles. The number of aromatic nitrogens is 2. The van der Waals surface area contributed by atoms with E-state index in [0.717, 1.165) is 17.9 Å². The molecule has 1 heterocycles. The maximum Gasteiger partial charge on any atom is 0.123 e. The summed E-state index contributed by atoms with van der Waals surface area (Å²) in [7, 11) is 2.09. The summed E-state index contributed by atoms with van der Waals surface area (Å²) in [6.45, 7) is 5.36. The highest BCUT2D eigenvalue weighted by Gasteiger charge is 2.08. The number of unbranched alkanes of at least 4 members (excludes halogenated alkanes) is 2. The molecule has 3 heteroatoms. The zero-order valence-corrected chi connectivity index (χ0v) is 12.3. The molecule has 1 aromatic heterocycles. The number of rotatable bonds is 7. The van der Waals surface area contributed by atoms with Crippen LogP contribution in [0.1, 0.15) is 45.4 Å². The van der Waals surface area contributed by atoms with Crippen molar-refractivity contribution in [3.63, 3.8) is 0 Å². The first-order valence-electron chi connectivity index (χ1n) is 7.36. The van der Waals surface area contributed by atoms with Crippen LogP contribution in [0.2, 0.25) is 0 Å². The van der Waals surface area contributed by atoms with E-state index in [1.54, 1.807) is 0 Å². The number of hydrogen-bond donors (Lipinski definition) is 1. The van der Waals surface area contributed by atoms with E-state index in [9.17, 15) is 0 Å². The highest BCUT2D eigenvalue weighted by molar-refractivity contribution is 5.75. The smallest absolute Gasteiger partial charge is 0.123 e. The maximum absolute atomic E-state index is 4.68. The van der Waals surface area contributed by atoms with E-state index in [1.165, 1.54) is 31.2 Å². The fraction of sp³-hybridized carbons (Fsp3) is 0.562. The van der Waals surface area contributed by atoms with Crippen LogP contribution in [0.5, 0.6) is 0 Å². The highest BCUT2D eigenvalue weighted by atomic mass is 15.1. The number of nitrogens with one attached hydrogen (secondary N) is 1. The lowest BCUT2D eigenvalue weighted by molar-refractivity contribution is 0.477. The van der Waals surface area contributed by atoms with Crippen molar-refractivity contribution < 1.29 is 0 Å². The van der Waals surface area contributed by atoms with Gasteiger partial charge in [0.2, 0.25) is 0 Å². The monoisotopic (exact) mass is 259 g/mol. The third kappa shape index (κ3) is 3.57. The second-order valence-electron chi connectivity index (χ2n) is 5.35.